The third-order valence-electron chi connectivity index (χ3n) is 3.34. The van der Waals surface area contributed by atoms with Gasteiger partial charge >= 0.3 is 18.9 Å². The minimum absolute atomic E-state index is 0. The van der Waals surface area contributed by atoms with Gasteiger partial charge in [0.15, 0.2) is 0 Å². The zero-order valence-corrected chi connectivity index (χ0v) is 11.0. The fourth-order valence-corrected chi connectivity index (χ4v) is 2.27. The van der Waals surface area contributed by atoms with Gasteiger partial charge in [-0.05, 0) is 49.7 Å². The van der Waals surface area contributed by atoms with Gasteiger partial charge in [-0.15, -0.1) is 0 Å². The summed E-state index contributed by atoms with van der Waals surface area (Å²) in [5, 5.41) is 10.4. The number of phenols is 1. The number of rotatable bonds is 1. The first-order valence-electron chi connectivity index (χ1n) is 6.31. The fraction of sp³-hybridized carbons (Fsp3) is 0.118. The summed E-state index contributed by atoms with van der Waals surface area (Å²) in [4.78, 5) is 4.68. The van der Waals surface area contributed by atoms with Crippen LogP contribution in [-0.4, -0.2) is 29.0 Å². The van der Waals surface area contributed by atoms with Crippen molar-refractivity contribution in [1.29, 1.82) is 0 Å². The quantitative estimate of drug-likeness (QED) is 0.676. The van der Waals surface area contributed by atoms with E-state index in [4.69, 9.17) is 0 Å². The van der Waals surface area contributed by atoms with Crippen LogP contribution in [0.2, 0.25) is 0 Å². The van der Waals surface area contributed by atoms with Crippen LogP contribution in [-0.2, 0) is 0 Å². The second-order valence-electron chi connectivity index (χ2n) is 4.89. The Balaban J connectivity index is 0.00000147. The van der Waals surface area contributed by atoms with E-state index in [0.717, 1.165) is 22.2 Å². The van der Waals surface area contributed by atoms with Crippen molar-refractivity contribution in [2.45, 2.75) is 13.8 Å². The van der Waals surface area contributed by atoms with Crippen molar-refractivity contribution in [1.82, 2.24) is 4.98 Å². The van der Waals surface area contributed by atoms with E-state index in [-0.39, 0.29) is 24.6 Å². The summed E-state index contributed by atoms with van der Waals surface area (Å²) in [7, 11) is 0. The van der Waals surface area contributed by atoms with Gasteiger partial charge in [-0.3, -0.25) is 0 Å². The Hall–Kier alpha value is -1.75. The Morgan fingerprint density at radius 3 is 2.50 bits per heavy atom. The predicted molar refractivity (Wildman–Crippen MR) is 85.5 cm³/mol. The van der Waals surface area contributed by atoms with Gasteiger partial charge in [0.1, 0.15) is 5.75 Å². The first-order valence-corrected chi connectivity index (χ1v) is 6.31. The van der Waals surface area contributed by atoms with E-state index in [2.05, 4.69) is 37.0 Å². The molecule has 96 valence electrons. The average molecular weight is 257 g/mol. The molecule has 0 atom stereocenters. The molecule has 2 nitrogen and oxygen atoms in total. The SMILES string of the molecule is Cc1ccc(C)c(-c2ccc3cc(O)ccc3n2)c1.[LiH]. The predicted octanol–water partition coefficient (Wildman–Crippen LogP) is 3.58. The van der Waals surface area contributed by atoms with Crippen molar-refractivity contribution in [3.8, 4) is 17.0 Å². The molecule has 3 heteroatoms. The van der Waals surface area contributed by atoms with Gasteiger partial charge in [-0.1, -0.05) is 23.8 Å². The van der Waals surface area contributed by atoms with Crippen molar-refractivity contribution >= 4 is 29.8 Å². The van der Waals surface area contributed by atoms with E-state index >= 15 is 0 Å². The molecular formula is C17H16LiNO. The van der Waals surface area contributed by atoms with E-state index in [1.807, 2.05) is 18.2 Å². The molecule has 0 bridgehead atoms. The maximum atomic E-state index is 9.47. The van der Waals surface area contributed by atoms with Crippen molar-refractivity contribution < 1.29 is 5.11 Å². The second-order valence-corrected chi connectivity index (χ2v) is 4.89. The molecule has 3 rings (SSSR count). The third kappa shape index (κ3) is 2.72. The van der Waals surface area contributed by atoms with Crippen molar-refractivity contribution in [3.63, 3.8) is 0 Å². The molecule has 1 aromatic heterocycles. The van der Waals surface area contributed by atoms with Crippen molar-refractivity contribution in [3.05, 3.63) is 59.7 Å². The molecule has 0 aliphatic rings. The minimum atomic E-state index is 0. The number of aryl methyl sites for hydroxylation is 2. The van der Waals surface area contributed by atoms with Crippen molar-refractivity contribution in [2.24, 2.45) is 0 Å². The monoisotopic (exact) mass is 257 g/mol. The molecule has 0 aliphatic carbocycles. The zero-order valence-electron chi connectivity index (χ0n) is 11.0. The van der Waals surface area contributed by atoms with Crippen LogP contribution >= 0.6 is 0 Å². The van der Waals surface area contributed by atoms with Gasteiger partial charge in [-0.2, -0.15) is 0 Å². The molecule has 1 heterocycles. The molecule has 1 N–H and O–H groups in total. The summed E-state index contributed by atoms with van der Waals surface area (Å²) in [6.07, 6.45) is 0. The Bertz CT molecular complexity index is 768. The number of aromatic nitrogens is 1. The number of hydrogen-bond donors (Lipinski definition) is 1. The maximum absolute atomic E-state index is 9.47. The first kappa shape index (κ1) is 14.7. The normalized spacial score (nSPS) is 10.3. The summed E-state index contributed by atoms with van der Waals surface area (Å²) in [6.45, 7) is 4.18. The molecule has 0 saturated heterocycles. The van der Waals surface area contributed by atoms with Crippen LogP contribution in [0.5, 0.6) is 5.75 Å². The van der Waals surface area contributed by atoms with Crippen LogP contribution in [0.3, 0.4) is 0 Å². The summed E-state index contributed by atoms with van der Waals surface area (Å²) >= 11 is 0. The number of phenolic OH excluding ortho intramolecular Hbond substituents is 1. The summed E-state index contributed by atoms with van der Waals surface area (Å²) < 4.78 is 0. The Kier molecular flexibility index (Phi) is 4.18. The fourth-order valence-electron chi connectivity index (χ4n) is 2.27. The van der Waals surface area contributed by atoms with Gasteiger partial charge in [0, 0.05) is 10.9 Å². The molecule has 2 aromatic carbocycles. The Morgan fingerprint density at radius 1 is 0.900 bits per heavy atom. The molecule has 0 amide bonds. The van der Waals surface area contributed by atoms with Crippen LogP contribution in [0.25, 0.3) is 22.2 Å². The number of benzene rings is 2. The van der Waals surface area contributed by atoms with E-state index in [9.17, 15) is 5.11 Å². The topological polar surface area (TPSA) is 33.1 Å². The summed E-state index contributed by atoms with van der Waals surface area (Å²) in [5.41, 5.74) is 5.48. The Labute approximate surface area is 130 Å². The third-order valence-corrected chi connectivity index (χ3v) is 3.34. The molecule has 0 aliphatic heterocycles. The zero-order chi connectivity index (χ0) is 13.4. The van der Waals surface area contributed by atoms with E-state index in [1.54, 1.807) is 12.1 Å². The molecule has 3 aromatic rings. The van der Waals surface area contributed by atoms with Gasteiger partial charge < -0.3 is 5.11 Å². The van der Waals surface area contributed by atoms with E-state index in [0.29, 0.717) is 0 Å². The van der Waals surface area contributed by atoms with Crippen molar-refractivity contribution in [2.75, 3.05) is 0 Å². The van der Waals surface area contributed by atoms with Gasteiger partial charge in [0.25, 0.3) is 0 Å². The molecule has 20 heavy (non-hydrogen) atoms. The van der Waals surface area contributed by atoms with Crippen LogP contribution in [0.1, 0.15) is 11.1 Å². The molecule has 0 fully saturated rings. The van der Waals surface area contributed by atoms with E-state index < -0.39 is 0 Å². The molecule has 0 unspecified atom stereocenters. The van der Waals surface area contributed by atoms with Gasteiger partial charge in [0.2, 0.25) is 0 Å². The number of nitrogens with zero attached hydrogens (tertiary/aromatic N) is 1. The summed E-state index contributed by atoms with van der Waals surface area (Å²) in [6, 6.07) is 15.6. The average Bonchev–Trinajstić information content (AvgIpc) is 2.41. The van der Waals surface area contributed by atoms with Crippen LogP contribution in [0.4, 0.5) is 0 Å². The molecular weight excluding hydrogens is 241 g/mol. The first-order chi connectivity index (χ1) is 9.13. The van der Waals surface area contributed by atoms with Crippen LogP contribution in [0, 0.1) is 13.8 Å². The molecule has 0 radical (unpaired) electrons. The van der Waals surface area contributed by atoms with Crippen LogP contribution < -0.4 is 0 Å². The molecule has 0 saturated carbocycles. The van der Waals surface area contributed by atoms with Gasteiger partial charge in [0.05, 0.1) is 11.2 Å². The summed E-state index contributed by atoms with van der Waals surface area (Å²) in [5.74, 6) is 0.272. The van der Waals surface area contributed by atoms with Gasteiger partial charge in [-0.25, -0.2) is 4.98 Å². The standard InChI is InChI=1S/C17H15NO.Li.H/c1-11-3-4-12(2)15(9-11)17-7-5-13-10-14(19)6-8-16(13)18-17;;/h3-10,19H,1-2H3;;. The number of hydrogen-bond acceptors (Lipinski definition) is 2. The second kappa shape index (κ2) is 5.71. The van der Waals surface area contributed by atoms with E-state index in [1.165, 1.54) is 11.1 Å². The number of aromatic hydroxyl groups is 1. The Morgan fingerprint density at radius 2 is 1.70 bits per heavy atom. The molecule has 0 spiro atoms. The number of pyridine rings is 1. The van der Waals surface area contributed by atoms with Crippen LogP contribution in [0.15, 0.2) is 48.5 Å². The number of fused-ring (bicyclic) bond motifs is 1.